The summed E-state index contributed by atoms with van der Waals surface area (Å²) in [6.07, 6.45) is 2.42. The summed E-state index contributed by atoms with van der Waals surface area (Å²) in [5, 5.41) is 2.78. The van der Waals surface area contributed by atoms with Crippen LogP contribution in [0.15, 0.2) is 78.9 Å². The zero-order valence-corrected chi connectivity index (χ0v) is 20.2. The lowest BCUT2D eigenvalue weighted by atomic mass is 10.2. The molecule has 0 saturated carbocycles. The number of carbonyl (C=O) groups excluding carboxylic acids is 2. The minimum absolute atomic E-state index is 0.0892. The third-order valence-corrected chi connectivity index (χ3v) is 6.70. The molecule has 0 unspecified atom stereocenters. The molecule has 1 aliphatic heterocycles. The second kappa shape index (κ2) is 10.6. The van der Waals surface area contributed by atoms with Gasteiger partial charge in [-0.05, 0) is 48.4 Å². The minimum atomic E-state index is -3.79. The zero-order chi connectivity index (χ0) is 24.8. The van der Waals surface area contributed by atoms with Crippen LogP contribution in [0.1, 0.15) is 18.4 Å². The van der Waals surface area contributed by atoms with E-state index in [9.17, 15) is 18.0 Å². The molecule has 0 bridgehead atoms. The fraction of sp³-hybridized carbons (Fsp3) is 0.231. The molecule has 9 heteroatoms. The van der Waals surface area contributed by atoms with Gasteiger partial charge < -0.3 is 15.0 Å². The highest BCUT2D eigenvalue weighted by Gasteiger charge is 2.25. The van der Waals surface area contributed by atoms with Crippen molar-refractivity contribution in [2.45, 2.75) is 19.4 Å². The van der Waals surface area contributed by atoms with Crippen molar-refractivity contribution in [1.82, 2.24) is 5.32 Å². The van der Waals surface area contributed by atoms with Crippen LogP contribution in [-0.4, -0.2) is 39.6 Å². The van der Waals surface area contributed by atoms with Crippen LogP contribution in [-0.2, 0) is 26.2 Å². The molecule has 0 aliphatic carbocycles. The number of rotatable bonds is 9. The van der Waals surface area contributed by atoms with Crippen LogP contribution < -0.4 is 19.3 Å². The monoisotopic (exact) mass is 493 g/mol. The molecule has 0 spiro atoms. The molecular weight excluding hydrogens is 466 g/mol. The van der Waals surface area contributed by atoms with Gasteiger partial charge in [0, 0.05) is 25.2 Å². The Hall–Kier alpha value is -3.85. The summed E-state index contributed by atoms with van der Waals surface area (Å²) in [5.41, 5.74) is 1.88. The number of para-hydroxylation sites is 3. The van der Waals surface area contributed by atoms with Crippen molar-refractivity contribution in [3.05, 3.63) is 84.4 Å². The lowest BCUT2D eigenvalue weighted by Gasteiger charge is -2.24. The van der Waals surface area contributed by atoms with Gasteiger partial charge in [-0.15, -0.1) is 0 Å². The maximum Gasteiger partial charge on any atom is 0.241 e. The normalized spacial score (nSPS) is 13.5. The summed E-state index contributed by atoms with van der Waals surface area (Å²) in [6.45, 7) is 0.481. The summed E-state index contributed by atoms with van der Waals surface area (Å²) in [5.74, 6) is 0.494. The average molecular weight is 494 g/mol. The van der Waals surface area contributed by atoms with Gasteiger partial charge >= 0.3 is 0 Å². The number of hydrogen-bond acceptors (Lipinski definition) is 5. The molecule has 1 heterocycles. The van der Waals surface area contributed by atoms with Crippen molar-refractivity contribution in [3.63, 3.8) is 0 Å². The van der Waals surface area contributed by atoms with Crippen LogP contribution in [0.3, 0.4) is 0 Å². The molecule has 0 aromatic heterocycles. The first-order valence-corrected chi connectivity index (χ1v) is 13.1. The van der Waals surface area contributed by atoms with Crippen molar-refractivity contribution in [2.24, 2.45) is 0 Å². The topological polar surface area (TPSA) is 96.0 Å². The first-order chi connectivity index (χ1) is 16.8. The predicted octanol–water partition coefficient (Wildman–Crippen LogP) is 3.69. The second-order valence-corrected chi connectivity index (χ2v) is 10.2. The second-order valence-electron chi connectivity index (χ2n) is 8.25. The molecule has 1 N–H and O–H groups in total. The smallest absolute Gasteiger partial charge is 0.241 e. The van der Waals surface area contributed by atoms with E-state index < -0.39 is 22.5 Å². The first-order valence-electron chi connectivity index (χ1n) is 11.3. The van der Waals surface area contributed by atoms with Gasteiger partial charge in [-0.2, -0.15) is 0 Å². The summed E-state index contributed by atoms with van der Waals surface area (Å²) in [7, 11) is -3.79. The molecule has 2 amide bonds. The summed E-state index contributed by atoms with van der Waals surface area (Å²) < 4.78 is 32.2. The lowest BCUT2D eigenvalue weighted by molar-refractivity contribution is -0.120. The van der Waals surface area contributed by atoms with Crippen molar-refractivity contribution >= 4 is 33.2 Å². The summed E-state index contributed by atoms with van der Waals surface area (Å²) in [4.78, 5) is 26.6. The molecule has 182 valence electrons. The fourth-order valence-corrected chi connectivity index (χ4v) is 4.75. The number of nitrogens with one attached hydrogen (secondary N) is 1. The Kier molecular flexibility index (Phi) is 7.36. The number of hydrogen-bond donors (Lipinski definition) is 1. The third kappa shape index (κ3) is 6.19. The highest BCUT2D eigenvalue weighted by molar-refractivity contribution is 7.92. The van der Waals surface area contributed by atoms with Crippen LogP contribution in [0.5, 0.6) is 11.5 Å². The third-order valence-electron chi connectivity index (χ3n) is 5.58. The van der Waals surface area contributed by atoms with E-state index in [0.717, 1.165) is 28.2 Å². The molecule has 0 radical (unpaired) electrons. The Morgan fingerprint density at radius 2 is 1.77 bits per heavy atom. The molecule has 35 heavy (non-hydrogen) atoms. The Morgan fingerprint density at radius 3 is 2.49 bits per heavy atom. The van der Waals surface area contributed by atoms with Crippen LogP contribution in [0, 0.1) is 0 Å². The van der Waals surface area contributed by atoms with Gasteiger partial charge in [-0.3, -0.25) is 13.9 Å². The van der Waals surface area contributed by atoms with Crippen molar-refractivity contribution in [1.29, 1.82) is 0 Å². The molecule has 1 fully saturated rings. The predicted molar refractivity (Wildman–Crippen MR) is 135 cm³/mol. The van der Waals surface area contributed by atoms with E-state index in [-0.39, 0.29) is 18.1 Å². The van der Waals surface area contributed by atoms with Crippen LogP contribution in [0.25, 0.3) is 0 Å². The number of sulfonamides is 1. The lowest BCUT2D eigenvalue weighted by Crippen LogP contribution is -2.40. The van der Waals surface area contributed by atoms with E-state index in [1.807, 2.05) is 42.5 Å². The van der Waals surface area contributed by atoms with Crippen LogP contribution >= 0.6 is 0 Å². The minimum Gasteiger partial charge on any atom is -0.455 e. The number of amides is 2. The fourth-order valence-electron chi connectivity index (χ4n) is 3.89. The van der Waals surface area contributed by atoms with Crippen LogP contribution in [0.2, 0.25) is 0 Å². The van der Waals surface area contributed by atoms with Crippen molar-refractivity contribution in [3.8, 4) is 11.5 Å². The number of nitrogens with zero attached hydrogens (tertiary/aromatic N) is 2. The highest BCUT2D eigenvalue weighted by Crippen LogP contribution is 2.33. The maximum atomic E-state index is 12.8. The van der Waals surface area contributed by atoms with Gasteiger partial charge in [0.05, 0.1) is 11.9 Å². The van der Waals surface area contributed by atoms with E-state index in [4.69, 9.17) is 4.74 Å². The van der Waals surface area contributed by atoms with Crippen molar-refractivity contribution in [2.75, 3.05) is 28.6 Å². The molecular formula is C26H27N3O5S. The molecule has 1 aliphatic rings. The van der Waals surface area contributed by atoms with Gasteiger partial charge in [0.1, 0.15) is 12.3 Å². The summed E-state index contributed by atoms with van der Waals surface area (Å²) in [6, 6.07) is 23.1. The zero-order valence-electron chi connectivity index (χ0n) is 19.4. The van der Waals surface area contributed by atoms with Gasteiger partial charge in [0.15, 0.2) is 5.75 Å². The van der Waals surface area contributed by atoms with E-state index in [1.165, 1.54) is 0 Å². The quantitative estimate of drug-likeness (QED) is 0.491. The van der Waals surface area contributed by atoms with Gasteiger partial charge in [0.2, 0.25) is 21.8 Å². The van der Waals surface area contributed by atoms with Gasteiger partial charge in [-0.25, -0.2) is 8.42 Å². The summed E-state index contributed by atoms with van der Waals surface area (Å²) >= 11 is 0. The Bertz CT molecular complexity index is 1310. The van der Waals surface area contributed by atoms with E-state index in [0.29, 0.717) is 24.5 Å². The maximum absolute atomic E-state index is 12.8. The SMILES string of the molecule is CS(=O)(=O)N(CC(=O)NCc1cccc(N2CCCC2=O)c1)c1ccccc1Oc1ccccc1. The largest absolute Gasteiger partial charge is 0.455 e. The number of ether oxygens (including phenoxy) is 1. The Morgan fingerprint density at radius 1 is 1.03 bits per heavy atom. The van der Waals surface area contributed by atoms with Crippen LogP contribution in [0.4, 0.5) is 11.4 Å². The molecule has 1 saturated heterocycles. The highest BCUT2D eigenvalue weighted by atomic mass is 32.2. The molecule has 3 aromatic rings. The molecule has 3 aromatic carbocycles. The van der Waals surface area contributed by atoms with E-state index in [1.54, 1.807) is 41.3 Å². The number of carbonyl (C=O) groups is 2. The van der Waals surface area contributed by atoms with Gasteiger partial charge in [0.25, 0.3) is 0 Å². The molecule has 8 nitrogen and oxygen atoms in total. The van der Waals surface area contributed by atoms with E-state index in [2.05, 4.69) is 5.32 Å². The number of benzene rings is 3. The standard InChI is InChI=1S/C26H27N3O5S/c1-35(32,33)29(23-13-5-6-14-24(23)34-22-11-3-2-4-12-22)19-25(30)27-18-20-9-7-10-21(17-20)28-16-8-15-26(28)31/h2-7,9-14,17H,8,15-16,18-19H2,1H3,(H,27,30). The molecule has 4 rings (SSSR count). The number of anilines is 2. The van der Waals surface area contributed by atoms with E-state index >= 15 is 0 Å². The Balaban J connectivity index is 1.47. The van der Waals surface area contributed by atoms with Crippen molar-refractivity contribution < 1.29 is 22.7 Å². The Labute approximate surface area is 205 Å². The molecule has 0 atom stereocenters. The van der Waals surface area contributed by atoms with Gasteiger partial charge in [-0.1, -0.05) is 42.5 Å². The first kappa shape index (κ1) is 24.3. The average Bonchev–Trinajstić information content (AvgIpc) is 3.28.